The Morgan fingerprint density at radius 1 is 1.03 bits per heavy atom. The number of pyridine rings is 1. The highest BCUT2D eigenvalue weighted by atomic mass is 35.5. The number of hydrogen-bond acceptors (Lipinski definition) is 5. The Bertz CT molecular complexity index is 1350. The fourth-order valence-electron chi connectivity index (χ4n) is 4.56. The summed E-state index contributed by atoms with van der Waals surface area (Å²) >= 11 is 6.20. The molecule has 5 rings (SSSR count). The van der Waals surface area contributed by atoms with Crippen LogP contribution in [0.2, 0.25) is 5.02 Å². The third kappa shape index (κ3) is 5.47. The Hall–Kier alpha value is -3.17. The zero-order valence-corrected chi connectivity index (χ0v) is 20.4. The summed E-state index contributed by atoms with van der Waals surface area (Å²) in [6, 6.07) is 11.3. The van der Waals surface area contributed by atoms with Gasteiger partial charge in [0.2, 0.25) is 5.95 Å². The number of halogens is 4. The number of nitrogens with one attached hydrogen (secondary N) is 1. The molecule has 0 bridgehead atoms. The van der Waals surface area contributed by atoms with E-state index in [4.69, 9.17) is 11.6 Å². The lowest BCUT2D eigenvalue weighted by Crippen LogP contribution is -2.21. The topological polar surface area (TPSA) is 58.4 Å². The van der Waals surface area contributed by atoms with E-state index in [2.05, 4.69) is 25.3 Å². The maximum absolute atomic E-state index is 13.3. The maximum Gasteiger partial charge on any atom is 0.417 e. The van der Waals surface area contributed by atoms with Crippen LogP contribution in [-0.2, 0) is 6.18 Å². The molecule has 1 aromatic carbocycles. The van der Waals surface area contributed by atoms with E-state index in [1.807, 2.05) is 6.07 Å². The lowest BCUT2D eigenvalue weighted by atomic mass is 10.0. The minimum Gasteiger partial charge on any atom is -0.354 e. The van der Waals surface area contributed by atoms with Crippen molar-refractivity contribution in [2.45, 2.75) is 31.9 Å². The van der Waals surface area contributed by atoms with Crippen molar-refractivity contribution < 1.29 is 13.2 Å². The highest BCUT2D eigenvalue weighted by Crippen LogP contribution is 2.37. The van der Waals surface area contributed by atoms with Crippen molar-refractivity contribution in [1.29, 1.82) is 0 Å². The number of likely N-dealkylation sites (tertiary alicyclic amines) is 1. The van der Waals surface area contributed by atoms with E-state index >= 15 is 0 Å². The second-order valence-corrected chi connectivity index (χ2v) is 9.36. The standard InChI is InChI=1S/C26H26ClF3N6/c27-20-7-5-6-18(16-20)24-23(22-9-8-19(26(28,29)30)17-36(22)34-24)21-10-12-32-25(33-21)31-11-1-2-13-35-14-3-4-15-35/h5-10,12,16-17H,1-4,11,13-15H2,(H,31,32,33). The van der Waals surface area contributed by atoms with Gasteiger partial charge in [-0.3, -0.25) is 0 Å². The van der Waals surface area contributed by atoms with Gasteiger partial charge in [0.05, 0.1) is 22.3 Å². The molecule has 6 nitrogen and oxygen atoms in total. The van der Waals surface area contributed by atoms with Gasteiger partial charge in [-0.15, -0.1) is 0 Å². The number of alkyl halides is 3. The number of benzene rings is 1. The highest BCUT2D eigenvalue weighted by Gasteiger charge is 2.31. The lowest BCUT2D eigenvalue weighted by molar-refractivity contribution is -0.137. The minimum absolute atomic E-state index is 0.469. The van der Waals surface area contributed by atoms with Crippen molar-refractivity contribution in [2.24, 2.45) is 0 Å². The van der Waals surface area contributed by atoms with E-state index < -0.39 is 11.7 Å². The molecule has 0 saturated carbocycles. The molecule has 1 aliphatic rings. The number of hydrogen-bond donors (Lipinski definition) is 1. The minimum atomic E-state index is -4.47. The quantitative estimate of drug-likeness (QED) is 0.275. The lowest BCUT2D eigenvalue weighted by Gasteiger charge is -2.14. The molecule has 3 aromatic heterocycles. The van der Waals surface area contributed by atoms with Gasteiger partial charge in [-0.25, -0.2) is 14.5 Å². The van der Waals surface area contributed by atoms with Gasteiger partial charge in [0, 0.05) is 29.5 Å². The number of anilines is 1. The van der Waals surface area contributed by atoms with Crippen molar-refractivity contribution in [1.82, 2.24) is 24.5 Å². The third-order valence-corrected chi connectivity index (χ3v) is 6.58. The van der Waals surface area contributed by atoms with Crippen LogP contribution in [0.5, 0.6) is 0 Å². The maximum atomic E-state index is 13.3. The van der Waals surface area contributed by atoms with Crippen LogP contribution in [0.1, 0.15) is 31.2 Å². The molecule has 1 fully saturated rings. The van der Waals surface area contributed by atoms with Crippen LogP contribution in [-0.4, -0.2) is 50.7 Å². The largest absolute Gasteiger partial charge is 0.417 e. The average Bonchev–Trinajstić information content (AvgIpc) is 3.51. The van der Waals surface area contributed by atoms with Gasteiger partial charge in [0.1, 0.15) is 5.69 Å². The van der Waals surface area contributed by atoms with Crippen molar-refractivity contribution in [3.63, 3.8) is 0 Å². The Kier molecular flexibility index (Phi) is 7.11. The molecule has 10 heteroatoms. The van der Waals surface area contributed by atoms with E-state index in [0.29, 0.717) is 39.0 Å². The first-order chi connectivity index (χ1) is 17.4. The van der Waals surface area contributed by atoms with E-state index in [-0.39, 0.29) is 0 Å². The highest BCUT2D eigenvalue weighted by molar-refractivity contribution is 6.30. The predicted octanol–water partition coefficient (Wildman–Crippen LogP) is 6.42. The molecule has 4 heterocycles. The zero-order chi connectivity index (χ0) is 25.1. The Morgan fingerprint density at radius 2 is 1.86 bits per heavy atom. The number of nitrogens with zero attached hydrogens (tertiary/aromatic N) is 5. The smallest absolute Gasteiger partial charge is 0.354 e. The monoisotopic (exact) mass is 514 g/mol. The molecular weight excluding hydrogens is 489 g/mol. The molecule has 0 unspecified atom stereocenters. The van der Waals surface area contributed by atoms with Crippen molar-refractivity contribution >= 4 is 23.1 Å². The summed E-state index contributed by atoms with van der Waals surface area (Å²) in [6.45, 7) is 4.23. The van der Waals surface area contributed by atoms with Crippen LogP contribution in [0.4, 0.5) is 19.1 Å². The predicted molar refractivity (Wildman–Crippen MR) is 135 cm³/mol. The van der Waals surface area contributed by atoms with E-state index in [9.17, 15) is 13.2 Å². The molecule has 0 atom stereocenters. The second-order valence-electron chi connectivity index (χ2n) is 8.93. The van der Waals surface area contributed by atoms with Gasteiger partial charge in [-0.05, 0) is 75.6 Å². The van der Waals surface area contributed by atoms with Gasteiger partial charge in [-0.2, -0.15) is 18.3 Å². The van der Waals surface area contributed by atoms with Gasteiger partial charge in [0.15, 0.2) is 0 Å². The number of rotatable bonds is 8. The Morgan fingerprint density at radius 3 is 2.64 bits per heavy atom. The van der Waals surface area contributed by atoms with Crippen molar-refractivity contribution in [3.05, 3.63) is 65.4 Å². The SMILES string of the molecule is FC(F)(F)c1ccc2c(-c3ccnc(NCCCCN4CCCC4)n3)c(-c3cccc(Cl)c3)nn2c1. The second kappa shape index (κ2) is 10.4. The van der Waals surface area contributed by atoms with Crippen molar-refractivity contribution in [3.8, 4) is 22.5 Å². The summed E-state index contributed by atoms with van der Waals surface area (Å²) in [5, 5.41) is 8.29. The first-order valence-electron chi connectivity index (χ1n) is 12.0. The molecule has 1 aliphatic heterocycles. The third-order valence-electron chi connectivity index (χ3n) is 6.35. The Labute approximate surface area is 212 Å². The molecule has 1 saturated heterocycles. The summed E-state index contributed by atoms with van der Waals surface area (Å²) in [7, 11) is 0. The van der Waals surface area contributed by atoms with Crippen molar-refractivity contribution in [2.75, 3.05) is 31.5 Å². The van der Waals surface area contributed by atoms with Crippen LogP contribution in [0, 0.1) is 0 Å². The molecule has 188 valence electrons. The van der Waals surface area contributed by atoms with Gasteiger partial charge in [-0.1, -0.05) is 23.7 Å². The average molecular weight is 515 g/mol. The summed E-state index contributed by atoms with van der Waals surface area (Å²) in [5.41, 5.74) is 2.09. The summed E-state index contributed by atoms with van der Waals surface area (Å²) < 4.78 is 41.3. The summed E-state index contributed by atoms with van der Waals surface area (Å²) in [4.78, 5) is 11.5. The molecular formula is C26H26ClF3N6. The molecule has 0 amide bonds. The van der Waals surface area contributed by atoms with Gasteiger partial charge < -0.3 is 10.2 Å². The van der Waals surface area contributed by atoms with Crippen LogP contribution in [0.15, 0.2) is 54.9 Å². The first-order valence-corrected chi connectivity index (χ1v) is 12.4. The molecule has 0 spiro atoms. The van der Waals surface area contributed by atoms with E-state index in [1.165, 1.54) is 36.5 Å². The molecule has 4 aromatic rings. The number of aromatic nitrogens is 4. The summed E-state index contributed by atoms with van der Waals surface area (Å²) in [6.07, 6.45) is 2.83. The van der Waals surface area contributed by atoms with E-state index in [1.54, 1.807) is 30.5 Å². The molecule has 0 aliphatic carbocycles. The number of unbranched alkanes of at least 4 members (excludes halogenated alkanes) is 1. The molecule has 36 heavy (non-hydrogen) atoms. The van der Waals surface area contributed by atoms with Crippen LogP contribution in [0.3, 0.4) is 0 Å². The number of fused-ring (bicyclic) bond motifs is 1. The fourth-order valence-corrected chi connectivity index (χ4v) is 4.75. The van der Waals surface area contributed by atoms with Crippen LogP contribution < -0.4 is 5.32 Å². The Balaban J connectivity index is 1.44. The van der Waals surface area contributed by atoms with Crippen LogP contribution in [0.25, 0.3) is 28.0 Å². The summed E-state index contributed by atoms with van der Waals surface area (Å²) in [5.74, 6) is 0.469. The fraction of sp³-hybridized carbons (Fsp3) is 0.346. The van der Waals surface area contributed by atoms with Gasteiger partial charge >= 0.3 is 6.18 Å². The van der Waals surface area contributed by atoms with Crippen LogP contribution >= 0.6 is 11.6 Å². The first kappa shape index (κ1) is 24.5. The molecule has 0 radical (unpaired) electrons. The normalized spacial score (nSPS) is 14.6. The van der Waals surface area contributed by atoms with E-state index in [0.717, 1.165) is 38.2 Å². The molecule has 1 N–H and O–H groups in total. The zero-order valence-electron chi connectivity index (χ0n) is 19.6. The van der Waals surface area contributed by atoms with Gasteiger partial charge in [0.25, 0.3) is 0 Å².